The fraction of sp³-hybridized carbons (Fsp3) is 0.949. The van der Waals surface area contributed by atoms with Gasteiger partial charge < -0.3 is 9.80 Å². The first kappa shape index (κ1) is 38.4. The highest BCUT2D eigenvalue weighted by Crippen LogP contribution is 2.23. The molecule has 0 aromatic rings. The summed E-state index contributed by atoms with van der Waals surface area (Å²) in [5.74, 6) is 0. The van der Waals surface area contributed by atoms with E-state index in [0.717, 1.165) is 0 Å². The maximum absolute atomic E-state index is 2.68. The summed E-state index contributed by atoms with van der Waals surface area (Å²) in [6.07, 6.45) is 50.0. The van der Waals surface area contributed by atoms with Gasteiger partial charge in [0.2, 0.25) is 0 Å². The van der Waals surface area contributed by atoms with Crippen LogP contribution < -0.4 is 0 Å². The lowest BCUT2D eigenvalue weighted by molar-refractivity contribution is 0.136. The zero-order valence-electron chi connectivity index (χ0n) is 29.0. The van der Waals surface area contributed by atoms with Gasteiger partial charge in [-0.15, -0.1) is 0 Å². The van der Waals surface area contributed by atoms with Crippen molar-refractivity contribution >= 4 is 0 Å². The summed E-state index contributed by atoms with van der Waals surface area (Å²) >= 11 is 0. The van der Waals surface area contributed by atoms with Gasteiger partial charge in [0, 0.05) is 25.5 Å². The molecule has 0 saturated carbocycles. The fourth-order valence-corrected chi connectivity index (χ4v) is 6.70. The molecular weight excluding hydrogens is 496 g/mol. The van der Waals surface area contributed by atoms with Gasteiger partial charge in [-0.1, -0.05) is 194 Å². The third kappa shape index (κ3) is 23.5. The van der Waals surface area contributed by atoms with Crippen molar-refractivity contribution in [3.63, 3.8) is 0 Å². The normalized spacial score (nSPS) is 15.0. The zero-order valence-corrected chi connectivity index (χ0v) is 29.0. The molecule has 0 spiro atoms. The Morgan fingerprint density at radius 3 is 0.829 bits per heavy atom. The van der Waals surface area contributed by atoms with E-state index in [1.54, 1.807) is 0 Å². The van der Waals surface area contributed by atoms with Crippen LogP contribution in [0.2, 0.25) is 0 Å². The highest BCUT2D eigenvalue weighted by molar-refractivity contribution is 4.96. The minimum absolute atomic E-state index is 0.638. The summed E-state index contributed by atoms with van der Waals surface area (Å²) in [5, 5.41) is 0. The molecule has 2 nitrogen and oxygen atoms in total. The van der Waals surface area contributed by atoms with E-state index in [1.807, 2.05) is 0 Å². The second-order valence-electron chi connectivity index (χ2n) is 13.6. The predicted octanol–water partition coefficient (Wildman–Crippen LogP) is 13.6. The second-order valence-corrected chi connectivity index (χ2v) is 13.6. The van der Waals surface area contributed by atoms with Gasteiger partial charge in [-0.05, 0) is 25.7 Å². The highest BCUT2D eigenvalue weighted by Gasteiger charge is 2.24. The van der Waals surface area contributed by atoms with E-state index in [-0.39, 0.29) is 0 Å². The van der Waals surface area contributed by atoms with Gasteiger partial charge in [0.25, 0.3) is 0 Å². The number of rotatable bonds is 33. The van der Waals surface area contributed by atoms with E-state index < -0.39 is 0 Å². The van der Waals surface area contributed by atoms with Crippen LogP contribution in [-0.2, 0) is 0 Å². The van der Waals surface area contributed by atoms with Gasteiger partial charge in [-0.25, -0.2) is 0 Å². The maximum atomic E-state index is 2.68. The molecule has 0 amide bonds. The van der Waals surface area contributed by atoms with E-state index in [0.29, 0.717) is 6.17 Å². The fourth-order valence-electron chi connectivity index (χ4n) is 6.70. The van der Waals surface area contributed by atoms with E-state index in [2.05, 4.69) is 43.0 Å². The van der Waals surface area contributed by atoms with Gasteiger partial charge >= 0.3 is 0 Å². The first-order valence-corrected chi connectivity index (χ1v) is 19.5. The van der Waals surface area contributed by atoms with Crippen LogP contribution in [0.15, 0.2) is 12.4 Å². The van der Waals surface area contributed by atoms with Crippen molar-refractivity contribution in [1.29, 1.82) is 0 Å². The van der Waals surface area contributed by atoms with Crippen LogP contribution in [0.4, 0.5) is 0 Å². The average molecular weight is 575 g/mol. The summed E-state index contributed by atoms with van der Waals surface area (Å²) in [6, 6.07) is 0. The van der Waals surface area contributed by atoms with Crippen LogP contribution >= 0.6 is 0 Å². The third-order valence-electron chi connectivity index (χ3n) is 9.57. The molecule has 0 aromatic carbocycles. The Balaban J connectivity index is 1.99. The lowest BCUT2D eigenvalue weighted by Crippen LogP contribution is -2.39. The molecule has 1 atom stereocenters. The number of hydrogen-bond acceptors (Lipinski definition) is 2. The zero-order chi connectivity index (χ0) is 29.5. The molecule has 0 aromatic heterocycles. The van der Waals surface area contributed by atoms with Crippen LogP contribution in [0.25, 0.3) is 0 Å². The monoisotopic (exact) mass is 575 g/mol. The SMILES string of the molecule is CCCCCCCCCCCCCCCCCN1C=CN(CCCCCCCCCCCCCCC)C1CCCC. The minimum Gasteiger partial charge on any atom is -0.356 e. The molecule has 0 aliphatic carbocycles. The Morgan fingerprint density at radius 2 is 0.561 bits per heavy atom. The van der Waals surface area contributed by atoms with Crippen molar-refractivity contribution in [3.05, 3.63) is 12.4 Å². The molecule has 1 unspecified atom stereocenters. The van der Waals surface area contributed by atoms with E-state index >= 15 is 0 Å². The van der Waals surface area contributed by atoms with E-state index in [4.69, 9.17) is 0 Å². The van der Waals surface area contributed by atoms with Crippen LogP contribution in [-0.4, -0.2) is 29.1 Å². The van der Waals surface area contributed by atoms with Gasteiger partial charge in [-0.2, -0.15) is 0 Å². The molecule has 0 saturated heterocycles. The molecule has 0 bridgehead atoms. The first-order chi connectivity index (χ1) is 20.3. The van der Waals surface area contributed by atoms with Gasteiger partial charge in [0.05, 0.1) is 0 Å². The molecule has 0 N–H and O–H groups in total. The predicted molar refractivity (Wildman–Crippen MR) is 186 cm³/mol. The third-order valence-corrected chi connectivity index (χ3v) is 9.57. The number of nitrogens with zero attached hydrogens (tertiary/aromatic N) is 2. The van der Waals surface area contributed by atoms with Gasteiger partial charge in [-0.3, -0.25) is 0 Å². The van der Waals surface area contributed by atoms with E-state index in [9.17, 15) is 0 Å². The Labute approximate surface area is 260 Å². The summed E-state index contributed by atoms with van der Waals surface area (Å²) < 4.78 is 0. The number of unbranched alkanes of at least 4 members (excludes halogenated alkanes) is 27. The lowest BCUT2D eigenvalue weighted by Gasteiger charge is -2.33. The van der Waals surface area contributed by atoms with Crippen molar-refractivity contribution in [3.8, 4) is 0 Å². The van der Waals surface area contributed by atoms with Crippen LogP contribution in [0.5, 0.6) is 0 Å². The minimum atomic E-state index is 0.638. The Morgan fingerprint density at radius 1 is 0.317 bits per heavy atom. The van der Waals surface area contributed by atoms with Crippen molar-refractivity contribution in [2.24, 2.45) is 0 Å². The second kappa shape index (κ2) is 30.8. The largest absolute Gasteiger partial charge is 0.356 e. The molecule has 1 aliphatic heterocycles. The van der Waals surface area contributed by atoms with Crippen LogP contribution in [0, 0.1) is 0 Å². The van der Waals surface area contributed by atoms with Crippen molar-refractivity contribution in [1.82, 2.24) is 9.80 Å². The van der Waals surface area contributed by atoms with Gasteiger partial charge in [0.1, 0.15) is 6.17 Å². The van der Waals surface area contributed by atoms with Crippen molar-refractivity contribution < 1.29 is 0 Å². The van der Waals surface area contributed by atoms with Crippen LogP contribution in [0.1, 0.15) is 220 Å². The van der Waals surface area contributed by atoms with Gasteiger partial charge in [0.15, 0.2) is 0 Å². The molecule has 1 rings (SSSR count). The first-order valence-electron chi connectivity index (χ1n) is 19.5. The summed E-state index contributed by atoms with van der Waals surface area (Å²) in [4.78, 5) is 5.36. The molecule has 1 aliphatic rings. The Hall–Kier alpha value is -0.660. The summed E-state index contributed by atoms with van der Waals surface area (Å²) in [6.45, 7) is 9.49. The summed E-state index contributed by atoms with van der Waals surface area (Å²) in [7, 11) is 0. The quantitative estimate of drug-likeness (QED) is 0.0719. The van der Waals surface area contributed by atoms with Crippen molar-refractivity contribution in [2.75, 3.05) is 13.1 Å². The highest BCUT2D eigenvalue weighted by atomic mass is 15.4. The molecule has 41 heavy (non-hydrogen) atoms. The number of hydrogen-bond donors (Lipinski definition) is 0. The maximum Gasteiger partial charge on any atom is 0.101 e. The standard InChI is InChI=1S/C39H78N2/c1-4-7-10-12-14-16-18-20-21-23-25-27-29-31-33-36-41-38-37-40(39(41)34-9-6-3)35-32-30-28-26-24-22-19-17-15-13-11-8-5-2/h37-39H,4-36H2,1-3H3. The molecule has 244 valence electrons. The Kier molecular flexibility index (Phi) is 28.8. The molecular formula is C39H78N2. The lowest BCUT2D eigenvalue weighted by atomic mass is 10.0. The summed E-state index contributed by atoms with van der Waals surface area (Å²) in [5.41, 5.74) is 0. The Bertz CT molecular complexity index is 530. The topological polar surface area (TPSA) is 6.48 Å². The molecule has 0 radical (unpaired) electrons. The molecule has 0 fully saturated rings. The van der Waals surface area contributed by atoms with E-state index in [1.165, 1.54) is 212 Å². The van der Waals surface area contributed by atoms with Crippen LogP contribution in [0.3, 0.4) is 0 Å². The average Bonchev–Trinajstić information content (AvgIpc) is 3.37. The van der Waals surface area contributed by atoms with Crippen molar-refractivity contribution in [2.45, 2.75) is 226 Å². The molecule has 1 heterocycles. The molecule has 2 heteroatoms. The smallest absolute Gasteiger partial charge is 0.101 e.